The molecule has 0 radical (unpaired) electrons. The number of phosphoric acid groups is 1. The van der Waals surface area contributed by atoms with Crippen LogP contribution < -0.4 is 16.8 Å². The molecule has 23 nitrogen and oxygen atoms in total. The number of ether oxygens (including phenoxy) is 2. The van der Waals surface area contributed by atoms with Crippen LogP contribution >= 0.6 is 39.0 Å². The van der Waals surface area contributed by atoms with Gasteiger partial charge < -0.3 is 65.3 Å². The van der Waals surface area contributed by atoms with Crippen LogP contribution in [0, 0.1) is 9.28 Å². The van der Waals surface area contributed by atoms with Gasteiger partial charge in [0.1, 0.15) is 53.0 Å². The Bertz CT molecular complexity index is 2520. The number of nitrogens with one attached hydrogen (secondary N) is 3. The Morgan fingerprint density at radius 1 is 0.771 bits per heavy atom. The van der Waals surface area contributed by atoms with E-state index in [0.717, 1.165) is 25.7 Å². The Morgan fingerprint density at radius 2 is 1.31 bits per heavy atom. The van der Waals surface area contributed by atoms with E-state index >= 15 is 0 Å². The summed E-state index contributed by atoms with van der Waals surface area (Å²) in [6.45, 7) is -2.50. The van der Waals surface area contributed by atoms with E-state index < -0.39 is 70.7 Å². The maximum absolute atomic E-state index is 13.0. The fraction of sp³-hybridized carbons (Fsp3) is 0.738. The first kappa shape index (κ1) is 56.4. The number of imidazole rings is 2. The summed E-state index contributed by atoms with van der Waals surface area (Å²) in [6, 6.07) is 0. The van der Waals surface area contributed by atoms with Crippen LogP contribution in [-0.4, -0.2) is 122 Å². The SMILES string of the molecule is CCCCCCCCCCCCCCCC(=O)NCCCCCCOP(=O)(O)OC[C@H]1O[C@@H](n2cnc3c(=S)nc(N)[nH]c32)CC1OP(O)(=S)OC[C@H]1O[C@@H](n2cnc3c(=S)nc(N)[nH]c32)C(O)C1O. The molecule has 0 aromatic carbocycles. The van der Waals surface area contributed by atoms with Crippen LogP contribution in [0.1, 0.15) is 141 Å². The number of aromatic nitrogens is 8. The number of nitrogens with zero attached hydrogens (tertiary/aromatic N) is 6. The highest BCUT2D eigenvalue weighted by atomic mass is 32.5. The molecule has 9 atom stereocenters. The topological polar surface area (TPSA) is 328 Å². The molecule has 0 aliphatic carbocycles. The molecule has 70 heavy (non-hydrogen) atoms. The zero-order chi connectivity index (χ0) is 50.3. The van der Waals surface area contributed by atoms with Crippen molar-refractivity contribution in [2.75, 3.05) is 37.8 Å². The number of hydrogen-bond acceptors (Lipinski definition) is 19. The minimum absolute atomic E-state index is 0.00249. The fourth-order valence-electron chi connectivity index (χ4n) is 8.50. The predicted molar refractivity (Wildman–Crippen MR) is 270 cm³/mol. The van der Waals surface area contributed by atoms with Gasteiger partial charge in [-0.05, 0) is 31.1 Å². The van der Waals surface area contributed by atoms with Gasteiger partial charge in [0, 0.05) is 19.4 Å². The highest BCUT2D eigenvalue weighted by molar-refractivity contribution is 8.07. The second-order valence-corrected chi connectivity index (χ2v) is 22.7. The number of aliphatic hydroxyl groups excluding tert-OH is 2. The van der Waals surface area contributed by atoms with Crippen LogP contribution in [0.2, 0.25) is 0 Å². The van der Waals surface area contributed by atoms with Crippen LogP contribution in [0.3, 0.4) is 0 Å². The summed E-state index contributed by atoms with van der Waals surface area (Å²) in [5, 5.41) is 24.8. The largest absolute Gasteiger partial charge is 0.472 e. The van der Waals surface area contributed by atoms with Crippen LogP contribution in [0.15, 0.2) is 12.7 Å². The minimum Gasteiger partial charge on any atom is -0.387 e. The first-order chi connectivity index (χ1) is 33.6. The number of nitrogen functional groups attached to an aromatic ring is 2. The highest BCUT2D eigenvalue weighted by Crippen LogP contribution is 2.51. The van der Waals surface area contributed by atoms with Gasteiger partial charge in [-0.15, -0.1) is 0 Å². The normalized spacial score (nSPS) is 23.3. The molecule has 0 spiro atoms. The Hall–Kier alpha value is -2.91. The lowest BCUT2D eigenvalue weighted by Gasteiger charge is -2.25. The molecule has 392 valence electrons. The number of rotatable bonds is 32. The second-order valence-electron chi connectivity index (χ2n) is 17.7. The monoisotopic (exact) mass is 1080 g/mol. The lowest BCUT2D eigenvalue weighted by molar-refractivity contribution is -0.121. The van der Waals surface area contributed by atoms with E-state index in [4.69, 9.17) is 75.3 Å². The highest BCUT2D eigenvalue weighted by Gasteiger charge is 2.46. The van der Waals surface area contributed by atoms with Gasteiger partial charge in [0.05, 0.1) is 38.6 Å². The number of nitrogens with two attached hydrogens (primary N) is 2. The molecule has 0 bridgehead atoms. The molecule has 4 aromatic rings. The third-order valence-corrected chi connectivity index (χ3v) is 15.4. The Morgan fingerprint density at radius 3 is 1.94 bits per heavy atom. The first-order valence-corrected chi connectivity index (χ1v) is 29.1. The molecular weight excluding hydrogens is 1010 g/mol. The smallest absolute Gasteiger partial charge is 0.387 e. The lowest BCUT2D eigenvalue weighted by Crippen LogP contribution is -2.34. The molecule has 6 heterocycles. The van der Waals surface area contributed by atoms with E-state index in [0.29, 0.717) is 48.1 Å². The molecule has 0 saturated carbocycles. The van der Waals surface area contributed by atoms with E-state index in [1.807, 2.05) is 0 Å². The number of anilines is 2. The van der Waals surface area contributed by atoms with Crippen LogP contribution in [0.4, 0.5) is 11.9 Å². The number of hydrogen-bond donors (Lipinski definition) is 9. The molecule has 4 aromatic heterocycles. The van der Waals surface area contributed by atoms with Crippen molar-refractivity contribution in [2.45, 2.75) is 172 Å². The summed E-state index contributed by atoms with van der Waals surface area (Å²) in [5.74, 6) is 0.0953. The molecule has 28 heteroatoms. The molecular formula is C42H69N11O12P2S3. The third kappa shape index (κ3) is 16.6. The number of unbranched alkanes of at least 4 members (excludes halogenated alkanes) is 15. The molecule has 2 saturated heterocycles. The lowest BCUT2D eigenvalue weighted by atomic mass is 10.0. The zero-order valence-electron chi connectivity index (χ0n) is 39.5. The molecule has 1 amide bonds. The van der Waals surface area contributed by atoms with Gasteiger partial charge in [0.15, 0.2) is 27.4 Å². The van der Waals surface area contributed by atoms with E-state index in [1.165, 1.54) is 87.9 Å². The van der Waals surface area contributed by atoms with E-state index in [2.05, 4.69) is 42.1 Å². The van der Waals surface area contributed by atoms with Crippen molar-refractivity contribution in [3.05, 3.63) is 21.9 Å². The number of carbonyl (C=O) groups is 1. The van der Waals surface area contributed by atoms with Crippen LogP contribution in [-0.2, 0) is 48.7 Å². The van der Waals surface area contributed by atoms with Crippen molar-refractivity contribution in [1.82, 2.24) is 44.4 Å². The molecule has 5 unspecified atom stereocenters. The summed E-state index contributed by atoms with van der Waals surface area (Å²) < 4.78 is 50.7. The minimum atomic E-state index is -4.61. The Balaban J connectivity index is 0.919. The van der Waals surface area contributed by atoms with Crippen molar-refractivity contribution in [1.29, 1.82) is 0 Å². The van der Waals surface area contributed by atoms with E-state index in [9.17, 15) is 29.4 Å². The van der Waals surface area contributed by atoms with Gasteiger partial charge >= 0.3 is 14.5 Å². The van der Waals surface area contributed by atoms with Gasteiger partial charge in [-0.3, -0.25) is 23.0 Å². The van der Waals surface area contributed by atoms with Gasteiger partial charge in [0.25, 0.3) is 0 Å². The Labute approximate surface area is 422 Å². The average molecular weight is 1080 g/mol. The summed E-state index contributed by atoms with van der Waals surface area (Å²) in [6.07, 6.45) is 14.0. The van der Waals surface area contributed by atoms with Crippen LogP contribution in [0.25, 0.3) is 22.3 Å². The van der Waals surface area contributed by atoms with Gasteiger partial charge in [-0.2, -0.15) is 0 Å². The standard InChI is InChI=1S/C42H69N11O12P2S3/c1-2-3-4-5-6-7-8-9-10-11-12-13-16-19-30(54)45-20-17-14-15-18-21-60-66(57,58)61-23-28-27(22-31(63-28)52-25-46-32-36(52)48-41(43)50-38(32)68)65-67(59,70)62-24-29-34(55)35(56)40(64-29)53-26-47-33-37(53)49-42(44)51-39(33)69/h25-29,31,34-35,40,55-56H,2-24H2,1H3,(H,45,54)(H,57,58)(H,59,70)(H3,43,48,50,68)(H3,44,49,51,69)/t27?,28-,29-,31-,34?,35?,40-,67?/m1/s1. The van der Waals surface area contributed by atoms with Crippen molar-refractivity contribution in [3.63, 3.8) is 0 Å². The number of amides is 1. The third-order valence-electron chi connectivity index (χ3n) is 12.3. The number of fused-ring (bicyclic) bond motifs is 2. The van der Waals surface area contributed by atoms with Crippen molar-refractivity contribution < 1.29 is 56.9 Å². The average Bonchev–Trinajstić information content (AvgIpc) is 4.09. The molecule has 6 rings (SSSR count). The Kier molecular flexibility index (Phi) is 22.1. The quantitative estimate of drug-likeness (QED) is 0.0135. The predicted octanol–water partition coefficient (Wildman–Crippen LogP) is 6.97. The fourth-order valence-corrected chi connectivity index (χ4v) is 11.2. The van der Waals surface area contributed by atoms with E-state index in [-0.39, 0.29) is 40.1 Å². The van der Waals surface area contributed by atoms with Gasteiger partial charge in [-0.25, -0.2) is 24.5 Å². The van der Waals surface area contributed by atoms with Gasteiger partial charge in [0.2, 0.25) is 5.91 Å². The molecule has 2 aliphatic heterocycles. The van der Waals surface area contributed by atoms with E-state index in [1.54, 1.807) is 4.57 Å². The molecule has 11 N–H and O–H groups in total. The van der Waals surface area contributed by atoms with Crippen molar-refractivity contribution in [2.24, 2.45) is 0 Å². The number of aromatic amines is 2. The van der Waals surface area contributed by atoms with Crippen LogP contribution in [0.5, 0.6) is 0 Å². The summed E-state index contributed by atoms with van der Waals surface area (Å²) >= 11 is 15.9. The summed E-state index contributed by atoms with van der Waals surface area (Å²) in [7, 11) is -4.61. The number of carbonyl (C=O) groups excluding carboxylic acids is 1. The summed E-state index contributed by atoms with van der Waals surface area (Å²) in [4.78, 5) is 56.5. The van der Waals surface area contributed by atoms with Gasteiger partial charge in [-0.1, -0.05) is 121 Å². The number of H-pyrrole nitrogens is 2. The maximum Gasteiger partial charge on any atom is 0.472 e. The molecule has 2 fully saturated rings. The molecule has 2 aliphatic rings. The maximum atomic E-state index is 13.0. The second kappa shape index (κ2) is 27.4. The van der Waals surface area contributed by atoms with Crippen molar-refractivity contribution >= 4 is 90.9 Å². The number of aliphatic hydroxyl groups is 2. The van der Waals surface area contributed by atoms with Crippen molar-refractivity contribution in [3.8, 4) is 0 Å². The zero-order valence-corrected chi connectivity index (χ0v) is 43.7. The first-order valence-electron chi connectivity index (χ1n) is 24.2. The number of phosphoric ester groups is 1. The summed E-state index contributed by atoms with van der Waals surface area (Å²) in [5.41, 5.74) is 13.1.